The molecule has 0 saturated carbocycles. The third-order valence-corrected chi connectivity index (χ3v) is 7.85. The maximum atomic E-state index is 12.8. The van der Waals surface area contributed by atoms with Crippen molar-refractivity contribution < 1.29 is 13.2 Å². The second-order valence-corrected chi connectivity index (χ2v) is 10.0. The van der Waals surface area contributed by atoms with Crippen molar-refractivity contribution in [3.63, 3.8) is 0 Å². The lowest BCUT2D eigenvalue weighted by atomic mass is 10.0. The second kappa shape index (κ2) is 9.04. The molecule has 2 heterocycles. The van der Waals surface area contributed by atoms with Crippen LogP contribution in [0.15, 0.2) is 47.4 Å². The topological polar surface area (TPSA) is 88.2 Å². The van der Waals surface area contributed by atoms with E-state index in [0.29, 0.717) is 43.4 Å². The van der Waals surface area contributed by atoms with Crippen molar-refractivity contribution in [1.82, 2.24) is 14.1 Å². The van der Waals surface area contributed by atoms with Gasteiger partial charge in [0, 0.05) is 24.3 Å². The molecule has 3 aromatic rings. The predicted octanol–water partition coefficient (Wildman–Crippen LogP) is 3.76. The number of ether oxygens (including phenoxy) is 1. The van der Waals surface area contributed by atoms with Gasteiger partial charge in [-0.2, -0.15) is 14.7 Å². The molecule has 0 bridgehead atoms. The third-order valence-electron chi connectivity index (χ3n) is 5.62. The van der Waals surface area contributed by atoms with Gasteiger partial charge in [-0.15, -0.1) is 0 Å². The second-order valence-electron chi connectivity index (χ2n) is 7.67. The standard InChI is InChI=1S/C23H23ClN4O3S/c1-16-23(19-5-6-20(14-25)22(24)13-19)17(2)28(26-16)15-18-3-7-21(8-4-18)32(29,30)27-9-11-31-12-10-27/h3-8,13H,9-12,15H2,1-2H3. The van der Waals surface area contributed by atoms with E-state index in [2.05, 4.69) is 11.2 Å². The molecule has 1 aliphatic rings. The molecule has 1 aliphatic heterocycles. The Balaban J connectivity index is 1.57. The number of aryl methyl sites for hydroxylation is 1. The fourth-order valence-electron chi connectivity index (χ4n) is 3.91. The summed E-state index contributed by atoms with van der Waals surface area (Å²) in [4.78, 5) is 0.282. The largest absolute Gasteiger partial charge is 0.379 e. The number of aromatic nitrogens is 2. The molecule has 1 saturated heterocycles. The molecule has 7 nitrogen and oxygen atoms in total. The molecule has 0 aliphatic carbocycles. The van der Waals surface area contributed by atoms with Crippen LogP contribution in [-0.4, -0.2) is 48.8 Å². The number of halogens is 1. The number of rotatable bonds is 5. The first-order valence-corrected chi connectivity index (χ1v) is 12.0. The summed E-state index contributed by atoms with van der Waals surface area (Å²) in [5, 5.41) is 14.2. The summed E-state index contributed by atoms with van der Waals surface area (Å²) in [5.74, 6) is 0. The van der Waals surface area contributed by atoms with E-state index in [9.17, 15) is 8.42 Å². The number of nitriles is 1. The average molecular weight is 471 g/mol. The quantitative estimate of drug-likeness (QED) is 0.566. The molecule has 0 radical (unpaired) electrons. The minimum absolute atomic E-state index is 0.282. The van der Waals surface area contributed by atoms with E-state index in [-0.39, 0.29) is 4.90 Å². The summed E-state index contributed by atoms with van der Waals surface area (Å²) in [7, 11) is -3.51. The molecule has 166 valence electrons. The predicted molar refractivity (Wildman–Crippen MR) is 122 cm³/mol. The summed E-state index contributed by atoms with van der Waals surface area (Å²) in [6, 6.07) is 14.4. The molecule has 2 aromatic carbocycles. The molecule has 0 unspecified atom stereocenters. The zero-order valence-electron chi connectivity index (χ0n) is 17.9. The molecule has 1 aromatic heterocycles. The highest BCUT2D eigenvalue weighted by atomic mass is 35.5. The van der Waals surface area contributed by atoms with Gasteiger partial charge in [0.05, 0.1) is 40.9 Å². The van der Waals surface area contributed by atoms with Gasteiger partial charge in [-0.3, -0.25) is 4.68 Å². The molecular weight excluding hydrogens is 448 g/mol. The fourth-order valence-corrected chi connectivity index (χ4v) is 5.54. The lowest BCUT2D eigenvalue weighted by Crippen LogP contribution is -2.40. The number of sulfonamides is 1. The van der Waals surface area contributed by atoms with Crippen LogP contribution < -0.4 is 0 Å². The fraction of sp³-hybridized carbons (Fsp3) is 0.304. The van der Waals surface area contributed by atoms with E-state index in [1.165, 1.54) is 4.31 Å². The van der Waals surface area contributed by atoms with Gasteiger partial charge in [-0.25, -0.2) is 8.42 Å². The van der Waals surface area contributed by atoms with Gasteiger partial charge in [0.15, 0.2) is 0 Å². The molecule has 4 rings (SSSR count). The van der Waals surface area contributed by atoms with E-state index in [1.807, 2.05) is 36.7 Å². The van der Waals surface area contributed by atoms with Crippen LogP contribution in [0.5, 0.6) is 0 Å². The lowest BCUT2D eigenvalue weighted by molar-refractivity contribution is 0.0730. The monoisotopic (exact) mass is 470 g/mol. The third kappa shape index (κ3) is 4.30. The molecule has 0 atom stereocenters. The van der Waals surface area contributed by atoms with Gasteiger partial charge in [0.25, 0.3) is 0 Å². The van der Waals surface area contributed by atoms with Crippen molar-refractivity contribution in [2.45, 2.75) is 25.3 Å². The normalized spacial score (nSPS) is 14.9. The zero-order valence-corrected chi connectivity index (χ0v) is 19.4. The molecule has 0 amide bonds. The minimum atomic E-state index is -3.51. The van der Waals surface area contributed by atoms with Gasteiger partial charge in [0.1, 0.15) is 6.07 Å². The minimum Gasteiger partial charge on any atom is -0.379 e. The Morgan fingerprint density at radius 2 is 1.81 bits per heavy atom. The average Bonchev–Trinajstić information content (AvgIpc) is 3.07. The highest BCUT2D eigenvalue weighted by molar-refractivity contribution is 7.89. The Bertz CT molecular complexity index is 1290. The van der Waals surface area contributed by atoms with Crippen molar-refractivity contribution >= 4 is 21.6 Å². The van der Waals surface area contributed by atoms with E-state index in [4.69, 9.17) is 21.6 Å². The van der Waals surface area contributed by atoms with Gasteiger partial charge in [0.2, 0.25) is 10.0 Å². The Labute approximate surface area is 192 Å². The summed E-state index contributed by atoms with van der Waals surface area (Å²) in [6.45, 7) is 6.01. The smallest absolute Gasteiger partial charge is 0.243 e. The maximum absolute atomic E-state index is 12.8. The Hall–Kier alpha value is -2.70. The summed E-state index contributed by atoms with van der Waals surface area (Å²) < 4.78 is 34.2. The molecule has 0 spiro atoms. The van der Waals surface area contributed by atoms with Crippen LogP contribution >= 0.6 is 11.6 Å². The van der Waals surface area contributed by atoms with Crippen molar-refractivity contribution in [2.24, 2.45) is 0 Å². The van der Waals surface area contributed by atoms with Crippen LogP contribution in [0.4, 0.5) is 0 Å². The first kappa shape index (κ1) is 22.5. The van der Waals surface area contributed by atoms with Crippen LogP contribution in [0.2, 0.25) is 5.02 Å². The summed E-state index contributed by atoms with van der Waals surface area (Å²) in [6.07, 6.45) is 0. The number of morpholine rings is 1. The lowest BCUT2D eigenvalue weighted by Gasteiger charge is -2.26. The van der Waals surface area contributed by atoms with Crippen molar-refractivity contribution in [3.8, 4) is 17.2 Å². The molecule has 9 heteroatoms. The van der Waals surface area contributed by atoms with E-state index in [1.54, 1.807) is 24.3 Å². The number of hydrogen-bond acceptors (Lipinski definition) is 5. The van der Waals surface area contributed by atoms with Crippen LogP contribution in [0, 0.1) is 25.2 Å². The van der Waals surface area contributed by atoms with Crippen molar-refractivity contribution in [3.05, 3.63) is 70.0 Å². The molecule has 1 fully saturated rings. The molecule has 0 N–H and O–H groups in total. The van der Waals surface area contributed by atoms with E-state index >= 15 is 0 Å². The van der Waals surface area contributed by atoms with Gasteiger partial charge >= 0.3 is 0 Å². The Kier molecular flexibility index (Phi) is 6.35. The molecular formula is C23H23ClN4O3S. The van der Waals surface area contributed by atoms with Crippen LogP contribution in [0.3, 0.4) is 0 Å². The maximum Gasteiger partial charge on any atom is 0.243 e. The number of nitrogens with zero attached hydrogens (tertiary/aromatic N) is 4. The number of benzene rings is 2. The first-order valence-electron chi connectivity index (χ1n) is 10.2. The van der Waals surface area contributed by atoms with Crippen LogP contribution in [0.1, 0.15) is 22.5 Å². The van der Waals surface area contributed by atoms with Gasteiger partial charge < -0.3 is 4.74 Å². The highest BCUT2D eigenvalue weighted by Crippen LogP contribution is 2.30. The summed E-state index contributed by atoms with van der Waals surface area (Å²) >= 11 is 6.22. The SMILES string of the molecule is Cc1nn(Cc2ccc(S(=O)(=O)N3CCOCC3)cc2)c(C)c1-c1ccc(C#N)c(Cl)c1. The first-order chi connectivity index (χ1) is 15.3. The van der Waals surface area contributed by atoms with E-state index in [0.717, 1.165) is 28.1 Å². The number of hydrogen-bond donors (Lipinski definition) is 0. The van der Waals surface area contributed by atoms with Crippen molar-refractivity contribution in [2.75, 3.05) is 26.3 Å². The van der Waals surface area contributed by atoms with Crippen LogP contribution in [0.25, 0.3) is 11.1 Å². The zero-order chi connectivity index (χ0) is 22.9. The summed E-state index contributed by atoms with van der Waals surface area (Å²) in [5.41, 5.74) is 5.08. The van der Waals surface area contributed by atoms with Gasteiger partial charge in [-0.1, -0.05) is 29.8 Å². The van der Waals surface area contributed by atoms with Gasteiger partial charge in [-0.05, 0) is 49.2 Å². The highest BCUT2D eigenvalue weighted by Gasteiger charge is 2.26. The van der Waals surface area contributed by atoms with Crippen molar-refractivity contribution in [1.29, 1.82) is 5.26 Å². The van der Waals surface area contributed by atoms with Crippen LogP contribution in [-0.2, 0) is 21.3 Å². The Morgan fingerprint density at radius 1 is 1.12 bits per heavy atom. The van der Waals surface area contributed by atoms with E-state index < -0.39 is 10.0 Å². The molecule has 32 heavy (non-hydrogen) atoms. The Morgan fingerprint density at radius 3 is 2.44 bits per heavy atom.